The van der Waals surface area contributed by atoms with Crippen molar-refractivity contribution >= 4 is 17.5 Å². The zero-order valence-electron chi connectivity index (χ0n) is 18.0. The highest BCUT2D eigenvalue weighted by atomic mass is 19.1. The van der Waals surface area contributed by atoms with Gasteiger partial charge in [-0.15, -0.1) is 0 Å². The highest BCUT2D eigenvalue weighted by molar-refractivity contribution is 5.94. The number of anilines is 1. The maximum atomic E-state index is 13.4. The number of ether oxygens (including phenoxy) is 2. The number of carbonyl (C=O) groups is 2. The van der Waals surface area contributed by atoms with Gasteiger partial charge in [-0.25, -0.2) is 4.39 Å². The van der Waals surface area contributed by atoms with Gasteiger partial charge in [-0.3, -0.25) is 9.59 Å². The number of methoxy groups -OCH3 is 1. The number of halogens is 1. The SMILES string of the molecule is CCN(Cc1cccc(F)c1)C(=O)c1ccc(OCC(=O)Nc2cccc(OC)c2)cc1. The fourth-order valence-electron chi connectivity index (χ4n) is 3.11. The third-order valence-electron chi connectivity index (χ3n) is 4.76. The average molecular weight is 436 g/mol. The molecule has 32 heavy (non-hydrogen) atoms. The van der Waals surface area contributed by atoms with E-state index in [0.717, 1.165) is 5.56 Å². The molecule has 2 amide bonds. The highest BCUT2D eigenvalue weighted by Gasteiger charge is 2.15. The first-order valence-electron chi connectivity index (χ1n) is 10.2. The van der Waals surface area contributed by atoms with Crippen LogP contribution in [0.3, 0.4) is 0 Å². The second-order valence-electron chi connectivity index (χ2n) is 7.04. The molecule has 0 bridgehead atoms. The number of benzene rings is 3. The molecule has 0 heterocycles. The van der Waals surface area contributed by atoms with E-state index in [1.807, 2.05) is 6.92 Å². The Labute approximate surface area is 186 Å². The zero-order chi connectivity index (χ0) is 22.9. The van der Waals surface area contributed by atoms with Crippen molar-refractivity contribution in [3.8, 4) is 11.5 Å². The second-order valence-corrected chi connectivity index (χ2v) is 7.04. The average Bonchev–Trinajstić information content (AvgIpc) is 2.81. The molecule has 6 nitrogen and oxygen atoms in total. The Morgan fingerprint density at radius 2 is 1.72 bits per heavy atom. The van der Waals surface area contributed by atoms with Gasteiger partial charge in [-0.1, -0.05) is 18.2 Å². The van der Waals surface area contributed by atoms with Crippen molar-refractivity contribution in [2.75, 3.05) is 25.6 Å². The first kappa shape index (κ1) is 22.8. The Bertz CT molecular complexity index is 1070. The quantitative estimate of drug-likeness (QED) is 0.536. The van der Waals surface area contributed by atoms with Gasteiger partial charge in [-0.2, -0.15) is 0 Å². The normalized spacial score (nSPS) is 10.3. The summed E-state index contributed by atoms with van der Waals surface area (Å²) in [6, 6.07) is 19.8. The summed E-state index contributed by atoms with van der Waals surface area (Å²) in [6.07, 6.45) is 0. The van der Waals surface area contributed by atoms with Crippen LogP contribution >= 0.6 is 0 Å². The predicted molar refractivity (Wildman–Crippen MR) is 120 cm³/mol. The predicted octanol–water partition coefficient (Wildman–Crippen LogP) is 4.51. The van der Waals surface area contributed by atoms with Crippen LogP contribution in [0.1, 0.15) is 22.8 Å². The second kappa shape index (κ2) is 10.9. The minimum atomic E-state index is -0.331. The van der Waals surface area contributed by atoms with Crippen LogP contribution in [-0.4, -0.2) is 37.0 Å². The van der Waals surface area contributed by atoms with E-state index in [0.29, 0.717) is 35.8 Å². The third-order valence-corrected chi connectivity index (χ3v) is 4.76. The molecule has 0 saturated heterocycles. The van der Waals surface area contributed by atoms with Crippen molar-refractivity contribution in [1.29, 1.82) is 0 Å². The van der Waals surface area contributed by atoms with Gasteiger partial charge in [0.05, 0.1) is 7.11 Å². The van der Waals surface area contributed by atoms with Gasteiger partial charge < -0.3 is 19.7 Å². The van der Waals surface area contributed by atoms with E-state index in [2.05, 4.69) is 5.32 Å². The molecule has 0 aliphatic heterocycles. The van der Waals surface area contributed by atoms with Gasteiger partial charge in [0.15, 0.2) is 6.61 Å². The van der Waals surface area contributed by atoms with E-state index in [9.17, 15) is 14.0 Å². The molecule has 166 valence electrons. The molecule has 1 N–H and O–H groups in total. The Balaban J connectivity index is 1.55. The van der Waals surface area contributed by atoms with Crippen LogP contribution in [0.5, 0.6) is 11.5 Å². The standard InChI is InChI=1S/C25H25FN2O4/c1-3-28(16-18-6-4-7-20(26)14-18)25(30)19-10-12-22(13-11-19)32-17-24(29)27-21-8-5-9-23(15-21)31-2/h4-15H,3,16-17H2,1-2H3,(H,27,29). The topological polar surface area (TPSA) is 67.9 Å². The molecule has 0 unspecified atom stereocenters. The van der Waals surface area contributed by atoms with Crippen LogP contribution < -0.4 is 14.8 Å². The van der Waals surface area contributed by atoms with Gasteiger partial charge in [0, 0.05) is 30.4 Å². The Hall–Kier alpha value is -3.87. The number of amides is 2. The number of rotatable bonds is 9. The van der Waals surface area contributed by atoms with E-state index in [-0.39, 0.29) is 24.2 Å². The van der Waals surface area contributed by atoms with Crippen LogP contribution in [0, 0.1) is 5.82 Å². The maximum Gasteiger partial charge on any atom is 0.262 e. The summed E-state index contributed by atoms with van der Waals surface area (Å²) in [6.45, 7) is 2.49. The first-order valence-corrected chi connectivity index (χ1v) is 10.2. The van der Waals surface area contributed by atoms with Crippen molar-refractivity contribution in [2.24, 2.45) is 0 Å². The van der Waals surface area contributed by atoms with Crippen LogP contribution in [-0.2, 0) is 11.3 Å². The number of hydrogen-bond acceptors (Lipinski definition) is 4. The van der Waals surface area contributed by atoms with Crippen molar-refractivity contribution < 1.29 is 23.5 Å². The maximum absolute atomic E-state index is 13.4. The third kappa shape index (κ3) is 6.31. The first-order chi connectivity index (χ1) is 15.5. The summed E-state index contributed by atoms with van der Waals surface area (Å²) in [5.41, 5.74) is 1.82. The van der Waals surface area contributed by atoms with Crippen molar-refractivity contribution in [3.63, 3.8) is 0 Å². The minimum absolute atomic E-state index is 0.168. The van der Waals surface area contributed by atoms with Gasteiger partial charge in [0.2, 0.25) is 0 Å². The van der Waals surface area contributed by atoms with Crippen molar-refractivity contribution in [1.82, 2.24) is 4.90 Å². The molecule has 0 saturated carbocycles. The molecule has 0 atom stereocenters. The van der Waals surface area contributed by atoms with Crippen LogP contribution in [0.15, 0.2) is 72.8 Å². The molecule has 0 aromatic heterocycles. The molecule has 3 aromatic carbocycles. The van der Waals surface area contributed by atoms with Gasteiger partial charge >= 0.3 is 0 Å². The van der Waals surface area contributed by atoms with Crippen LogP contribution in [0.25, 0.3) is 0 Å². The van der Waals surface area contributed by atoms with E-state index in [1.165, 1.54) is 12.1 Å². The number of nitrogens with one attached hydrogen (secondary N) is 1. The fourth-order valence-corrected chi connectivity index (χ4v) is 3.11. The molecule has 0 radical (unpaired) electrons. The fraction of sp³-hybridized carbons (Fsp3) is 0.200. The minimum Gasteiger partial charge on any atom is -0.497 e. The lowest BCUT2D eigenvalue weighted by Gasteiger charge is -2.21. The van der Waals surface area contributed by atoms with E-state index in [4.69, 9.17) is 9.47 Å². The molecule has 3 rings (SSSR count). The Kier molecular flexibility index (Phi) is 7.80. The summed E-state index contributed by atoms with van der Waals surface area (Å²) < 4.78 is 24.1. The number of hydrogen-bond donors (Lipinski definition) is 1. The molecule has 0 aliphatic rings. The molecular formula is C25H25FN2O4. The summed E-state index contributed by atoms with van der Waals surface area (Å²) in [5.74, 6) is 0.297. The summed E-state index contributed by atoms with van der Waals surface area (Å²) in [7, 11) is 1.56. The number of carbonyl (C=O) groups excluding carboxylic acids is 2. The van der Waals surface area contributed by atoms with Gasteiger partial charge in [-0.05, 0) is 61.0 Å². The van der Waals surface area contributed by atoms with Crippen molar-refractivity contribution in [2.45, 2.75) is 13.5 Å². The van der Waals surface area contributed by atoms with Crippen LogP contribution in [0.2, 0.25) is 0 Å². The monoisotopic (exact) mass is 436 g/mol. The molecule has 0 fully saturated rings. The smallest absolute Gasteiger partial charge is 0.262 e. The molecule has 7 heteroatoms. The van der Waals surface area contributed by atoms with Crippen molar-refractivity contribution in [3.05, 3.63) is 89.7 Å². The largest absolute Gasteiger partial charge is 0.497 e. The summed E-state index contributed by atoms with van der Waals surface area (Å²) in [4.78, 5) is 26.6. The van der Waals surface area contributed by atoms with Gasteiger partial charge in [0.25, 0.3) is 11.8 Å². The molecular weight excluding hydrogens is 411 g/mol. The lowest BCUT2D eigenvalue weighted by atomic mass is 10.1. The zero-order valence-corrected chi connectivity index (χ0v) is 18.0. The molecule has 0 aliphatic carbocycles. The highest BCUT2D eigenvalue weighted by Crippen LogP contribution is 2.18. The summed E-state index contributed by atoms with van der Waals surface area (Å²) in [5, 5.41) is 2.73. The summed E-state index contributed by atoms with van der Waals surface area (Å²) >= 11 is 0. The Morgan fingerprint density at radius 3 is 2.41 bits per heavy atom. The van der Waals surface area contributed by atoms with E-state index < -0.39 is 0 Å². The Morgan fingerprint density at radius 1 is 0.969 bits per heavy atom. The van der Waals surface area contributed by atoms with Crippen LogP contribution in [0.4, 0.5) is 10.1 Å². The lowest BCUT2D eigenvalue weighted by molar-refractivity contribution is -0.118. The number of nitrogens with zero attached hydrogens (tertiary/aromatic N) is 1. The van der Waals surface area contributed by atoms with E-state index in [1.54, 1.807) is 72.7 Å². The lowest BCUT2D eigenvalue weighted by Crippen LogP contribution is -2.30. The van der Waals surface area contributed by atoms with Gasteiger partial charge in [0.1, 0.15) is 17.3 Å². The van der Waals surface area contributed by atoms with E-state index >= 15 is 0 Å². The molecule has 0 spiro atoms. The molecule has 3 aromatic rings.